The molecule has 1 aliphatic rings. The van der Waals surface area contributed by atoms with Crippen LogP contribution in [0.4, 0.5) is 0 Å². The number of aliphatic hydroxyl groups excluding tert-OH is 1. The van der Waals surface area contributed by atoms with Crippen LogP contribution in [0.15, 0.2) is 10.6 Å². The molecule has 0 spiro atoms. The highest BCUT2D eigenvalue weighted by Gasteiger charge is 2.21. The van der Waals surface area contributed by atoms with Crippen LogP contribution >= 0.6 is 28.7 Å². The molecular formula is C13H24BrNO3S. The molecule has 19 heavy (non-hydrogen) atoms. The Kier molecular flexibility index (Phi) is 8.08. The summed E-state index contributed by atoms with van der Waals surface area (Å²) in [6.45, 7) is 8.53. The fourth-order valence-corrected chi connectivity index (χ4v) is 2.95. The molecule has 1 N–H and O–H groups in total. The molecule has 4 nitrogen and oxygen atoms in total. The number of ether oxygens (including phenoxy) is 1. The molecule has 0 fully saturated rings. The lowest BCUT2D eigenvalue weighted by Crippen LogP contribution is -2.27. The molecule has 1 aliphatic heterocycles. The van der Waals surface area contributed by atoms with Gasteiger partial charge in [-0.3, -0.25) is 4.79 Å². The first kappa shape index (κ1) is 18.8. The minimum Gasteiger partial charge on any atom is -0.460 e. The molecule has 0 aromatic heterocycles. The van der Waals surface area contributed by atoms with E-state index in [2.05, 4.69) is 4.90 Å². The minimum absolute atomic E-state index is 0. The summed E-state index contributed by atoms with van der Waals surface area (Å²) in [5.74, 6) is 0.708. The van der Waals surface area contributed by atoms with E-state index in [1.165, 1.54) is 10.6 Å². The predicted octanol–water partition coefficient (Wildman–Crippen LogP) is 2.92. The van der Waals surface area contributed by atoms with Gasteiger partial charge in [0.1, 0.15) is 5.60 Å². The number of rotatable bonds is 5. The predicted molar refractivity (Wildman–Crippen MR) is 84.4 cm³/mol. The quantitative estimate of drug-likeness (QED) is 0.770. The van der Waals surface area contributed by atoms with Gasteiger partial charge in [-0.2, -0.15) is 0 Å². The summed E-state index contributed by atoms with van der Waals surface area (Å²) in [5.41, 5.74) is 0.765. The van der Waals surface area contributed by atoms with Crippen LogP contribution in [0.1, 0.15) is 40.5 Å². The SMILES string of the molecule is Br.CC1=C(CCO)SCN1CCC(=O)OC(C)(C)C. The minimum atomic E-state index is -0.413. The molecule has 0 saturated heterocycles. The molecule has 1 heterocycles. The molecule has 0 unspecified atom stereocenters. The Morgan fingerprint density at radius 3 is 2.63 bits per heavy atom. The van der Waals surface area contributed by atoms with Crippen LogP contribution in [0.25, 0.3) is 0 Å². The summed E-state index contributed by atoms with van der Waals surface area (Å²) in [7, 11) is 0. The first-order valence-electron chi connectivity index (χ1n) is 6.23. The Hall–Kier alpha value is -0.200. The van der Waals surface area contributed by atoms with Crippen molar-refractivity contribution in [1.82, 2.24) is 4.90 Å². The van der Waals surface area contributed by atoms with Crippen LogP contribution in [0.2, 0.25) is 0 Å². The van der Waals surface area contributed by atoms with Crippen LogP contribution in [0, 0.1) is 0 Å². The van der Waals surface area contributed by atoms with Gasteiger partial charge in [0.15, 0.2) is 0 Å². The van der Waals surface area contributed by atoms with Crippen molar-refractivity contribution in [2.45, 2.75) is 46.1 Å². The Bertz CT molecular complexity index is 339. The number of hydrogen-bond acceptors (Lipinski definition) is 5. The van der Waals surface area contributed by atoms with Crippen molar-refractivity contribution in [3.8, 4) is 0 Å². The second kappa shape index (κ2) is 8.17. The average molecular weight is 354 g/mol. The van der Waals surface area contributed by atoms with E-state index >= 15 is 0 Å². The third-order valence-electron chi connectivity index (χ3n) is 2.62. The van der Waals surface area contributed by atoms with Gasteiger partial charge in [-0.05, 0) is 27.7 Å². The third kappa shape index (κ3) is 6.68. The molecule has 0 bridgehead atoms. The largest absolute Gasteiger partial charge is 0.460 e. The molecular weight excluding hydrogens is 330 g/mol. The summed E-state index contributed by atoms with van der Waals surface area (Å²) < 4.78 is 5.28. The van der Waals surface area contributed by atoms with E-state index in [-0.39, 0.29) is 29.6 Å². The van der Waals surface area contributed by atoms with Crippen LogP contribution < -0.4 is 0 Å². The number of hydrogen-bond donors (Lipinski definition) is 1. The van der Waals surface area contributed by atoms with Crippen molar-refractivity contribution in [3.63, 3.8) is 0 Å². The number of carbonyl (C=O) groups excluding carboxylic acids is 1. The van der Waals surface area contributed by atoms with Gasteiger partial charge >= 0.3 is 5.97 Å². The van der Waals surface area contributed by atoms with Gasteiger partial charge in [0.25, 0.3) is 0 Å². The Labute approximate surface area is 130 Å². The third-order valence-corrected chi connectivity index (χ3v) is 3.91. The van der Waals surface area contributed by atoms with Gasteiger partial charge < -0.3 is 14.7 Å². The number of esters is 1. The Morgan fingerprint density at radius 2 is 2.11 bits per heavy atom. The zero-order chi connectivity index (χ0) is 13.8. The van der Waals surface area contributed by atoms with E-state index in [9.17, 15) is 4.79 Å². The lowest BCUT2D eigenvalue weighted by molar-refractivity contribution is -0.155. The van der Waals surface area contributed by atoms with Crippen molar-refractivity contribution in [1.29, 1.82) is 0 Å². The van der Waals surface area contributed by atoms with Crippen molar-refractivity contribution < 1.29 is 14.6 Å². The summed E-state index contributed by atoms with van der Waals surface area (Å²) in [6.07, 6.45) is 1.11. The van der Waals surface area contributed by atoms with E-state index in [1.807, 2.05) is 27.7 Å². The zero-order valence-electron chi connectivity index (χ0n) is 12.1. The topological polar surface area (TPSA) is 49.8 Å². The van der Waals surface area contributed by atoms with Crippen molar-refractivity contribution in [3.05, 3.63) is 10.6 Å². The lowest BCUT2D eigenvalue weighted by Gasteiger charge is -2.22. The second-order valence-corrected chi connectivity index (χ2v) is 6.40. The number of aliphatic hydroxyl groups is 1. The van der Waals surface area contributed by atoms with Gasteiger partial charge in [0.2, 0.25) is 0 Å². The first-order valence-corrected chi connectivity index (χ1v) is 7.22. The van der Waals surface area contributed by atoms with Crippen molar-refractivity contribution in [2.75, 3.05) is 19.0 Å². The van der Waals surface area contributed by atoms with Crippen molar-refractivity contribution >= 4 is 34.7 Å². The second-order valence-electron chi connectivity index (χ2n) is 5.36. The van der Waals surface area contributed by atoms with Gasteiger partial charge in [-0.1, -0.05) is 0 Å². The molecule has 0 atom stereocenters. The molecule has 0 radical (unpaired) electrons. The van der Waals surface area contributed by atoms with Gasteiger partial charge in [0, 0.05) is 30.2 Å². The Balaban J connectivity index is 0.00000324. The van der Waals surface area contributed by atoms with Crippen LogP contribution in [-0.2, 0) is 9.53 Å². The van der Waals surface area contributed by atoms with Gasteiger partial charge in [-0.25, -0.2) is 0 Å². The Morgan fingerprint density at radius 1 is 1.47 bits per heavy atom. The summed E-state index contributed by atoms with van der Waals surface area (Å²) in [6, 6.07) is 0. The fraction of sp³-hybridized carbons (Fsp3) is 0.769. The van der Waals surface area contributed by atoms with E-state index in [0.29, 0.717) is 19.4 Å². The maximum absolute atomic E-state index is 11.6. The van der Waals surface area contributed by atoms with E-state index in [4.69, 9.17) is 9.84 Å². The fourth-order valence-electron chi connectivity index (χ4n) is 1.74. The van der Waals surface area contributed by atoms with Crippen molar-refractivity contribution in [2.24, 2.45) is 0 Å². The standard InChI is InChI=1S/C13H23NO3S.BrH/c1-10-11(6-8-15)18-9-14(10)7-5-12(16)17-13(2,3)4;/h15H,5-9H2,1-4H3;1H. The molecule has 0 aromatic rings. The smallest absolute Gasteiger partial charge is 0.308 e. The van der Waals surface area contributed by atoms with Crippen LogP contribution in [0.5, 0.6) is 0 Å². The number of nitrogens with zero attached hydrogens (tertiary/aromatic N) is 1. The highest BCUT2D eigenvalue weighted by atomic mass is 79.9. The molecule has 0 saturated carbocycles. The number of carbonyl (C=O) groups is 1. The molecule has 112 valence electrons. The summed E-state index contributed by atoms with van der Waals surface area (Å²) in [4.78, 5) is 15.0. The first-order chi connectivity index (χ1) is 8.33. The van der Waals surface area contributed by atoms with E-state index < -0.39 is 5.60 Å². The number of thioether (sulfide) groups is 1. The molecule has 0 aliphatic carbocycles. The monoisotopic (exact) mass is 353 g/mol. The van der Waals surface area contributed by atoms with E-state index in [1.54, 1.807) is 11.8 Å². The molecule has 0 amide bonds. The van der Waals surface area contributed by atoms with E-state index in [0.717, 1.165) is 5.88 Å². The number of halogens is 1. The molecule has 6 heteroatoms. The molecule has 1 rings (SSSR count). The summed E-state index contributed by atoms with van der Waals surface area (Å²) in [5, 5.41) is 8.94. The highest BCUT2D eigenvalue weighted by molar-refractivity contribution is 8.93. The van der Waals surface area contributed by atoms with Gasteiger partial charge in [0.05, 0.1) is 12.3 Å². The molecule has 0 aromatic carbocycles. The maximum atomic E-state index is 11.6. The highest BCUT2D eigenvalue weighted by Crippen LogP contribution is 2.33. The average Bonchev–Trinajstić information content (AvgIpc) is 2.56. The maximum Gasteiger partial charge on any atom is 0.308 e. The zero-order valence-corrected chi connectivity index (χ0v) is 14.6. The normalized spacial score (nSPS) is 15.5. The van der Waals surface area contributed by atoms with Crippen LogP contribution in [-0.4, -0.2) is 40.6 Å². The lowest BCUT2D eigenvalue weighted by atomic mass is 10.2. The van der Waals surface area contributed by atoms with Gasteiger partial charge in [-0.15, -0.1) is 28.7 Å². The summed E-state index contributed by atoms with van der Waals surface area (Å²) >= 11 is 1.74. The number of allylic oxidation sites excluding steroid dienone is 1. The van der Waals surface area contributed by atoms with Crippen LogP contribution in [0.3, 0.4) is 0 Å².